The molecule has 0 saturated carbocycles. The lowest BCUT2D eigenvalue weighted by atomic mass is 10.2. The van der Waals surface area contributed by atoms with Crippen LogP contribution >= 0.6 is 0 Å². The van der Waals surface area contributed by atoms with Crippen molar-refractivity contribution < 1.29 is 27.5 Å². The van der Waals surface area contributed by atoms with Crippen molar-refractivity contribution >= 4 is 21.7 Å². The molecule has 0 bridgehead atoms. The average molecular weight is 369 g/mol. The van der Waals surface area contributed by atoms with Crippen molar-refractivity contribution in [1.82, 2.24) is 4.90 Å². The van der Waals surface area contributed by atoms with Gasteiger partial charge in [-0.05, 0) is 26.0 Å². The van der Waals surface area contributed by atoms with Gasteiger partial charge in [0.25, 0.3) is 5.91 Å². The Balaban J connectivity index is 1.85. The fraction of sp³-hybridized carbons (Fsp3) is 0.529. The van der Waals surface area contributed by atoms with Crippen LogP contribution < -0.4 is 0 Å². The van der Waals surface area contributed by atoms with Gasteiger partial charge in [0.05, 0.1) is 30.3 Å². The van der Waals surface area contributed by atoms with Crippen molar-refractivity contribution in [2.24, 2.45) is 0 Å². The van der Waals surface area contributed by atoms with Gasteiger partial charge in [-0.25, -0.2) is 8.42 Å². The third-order valence-electron chi connectivity index (χ3n) is 3.93. The summed E-state index contributed by atoms with van der Waals surface area (Å²) >= 11 is 0. The largest absolute Gasteiger partial charge is 0.453 e. The molecule has 2 rings (SSSR count). The molecule has 0 spiro atoms. The minimum Gasteiger partial charge on any atom is -0.453 e. The second-order valence-corrected chi connectivity index (χ2v) is 8.06. The zero-order chi connectivity index (χ0) is 18.4. The maximum absolute atomic E-state index is 12.2. The van der Waals surface area contributed by atoms with Crippen LogP contribution in [0.15, 0.2) is 29.2 Å². The van der Waals surface area contributed by atoms with Gasteiger partial charge in [0.1, 0.15) is 0 Å². The summed E-state index contributed by atoms with van der Waals surface area (Å²) in [6.07, 6.45) is -1.23. The van der Waals surface area contributed by atoms with Crippen LogP contribution in [0.4, 0.5) is 0 Å². The van der Waals surface area contributed by atoms with Crippen LogP contribution in [0.3, 0.4) is 0 Å². The van der Waals surface area contributed by atoms with Crippen LogP contribution in [0.1, 0.15) is 18.9 Å². The first-order valence-corrected chi connectivity index (χ1v) is 9.80. The van der Waals surface area contributed by atoms with Crippen LogP contribution in [-0.4, -0.2) is 63.4 Å². The molecule has 1 atom stereocenters. The van der Waals surface area contributed by atoms with Gasteiger partial charge >= 0.3 is 5.97 Å². The number of esters is 1. The van der Waals surface area contributed by atoms with Crippen LogP contribution in [0.2, 0.25) is 0 Å². The molecule has 1 unspecified atom stereocenters. The van der Waals surface area contributed by atoms with Gasteiger partial charge in [0.15, 0.2) is 15.9 Å². The number of aryl methyl sites for hydroxylation is 1. The van der Waals surface area contributed by atoms with Crippen molar-refractivity contribution in [2.75, 3.05) is 32.1 Å². The van der Waals surface area contributed by atoms with Gasteiger partial charge in [-0.2, -0.15) is 0 Å². The number of hydrogen-bond donors (Lipinski definition) is 0. The van der Waals surface area contributed by atoms with Crippen LogP contribution in [0.25, 0.3) is 0 Å². The Labute approximate surface area is 147 Å². The van der Waals surface area contributed by atoms with Gasteiger partial charge in [-0.3, -0.25) is 9.59 Å². The van der Waals surface area contributed by atoms with Gasteiger partial charge in [-0.1, -0.05) is 17.7 Å². The second-order valence-electron chi connectivity index (χ2n) is 5.95. The van der Waals surface area contributed by atoms with E-state index in [1.807, 2.05) is 6.92 Å². The summed E-state index contributed by atoms with van der Waals surface area (Å²) in [6.45, 7) is 5.19. The van der Waals surface area contributed by atoms with Crippen LogP contribution in [-0.2, 0) is 28.9 Å². The molecule has 1 aromatic carbocycles. The molecule has 25 heavy (non-hydrogen) atoms. The van der Waals surface area contributed by atoms with Crippen molar-refractivity contribution in [2.45, 2.75) is 31.3 Å². The van der Waals surface area contributed by atoms with E-state index in [-0.39, 0.29) is 23.0 Å². The first kappa shape index (κ1) is 19.4. The summed E-state index contributed by atoms with van der Waals surface area (Å²) in [5, 5.41) is 0. The van der Waals surface area contributed by atoms with Gasteiger partial charge in [-0.15, -0.1) is 0 Å². The molecular weight excluding hydrogens is 346 g/mol. The molecule has 0 aromatic heterocycles. The summed E-state index contributed by atoms with van der Waals surface area (Å²) < 4.78 is 34.7. The molecule has 8 heteroatoms. The lowest BCUT2D eigenvalue weighted by molar-refractivity contribution is -0.160. The van der Waals surface area contributed by atoms with E-state index >= 15 is 0 Å². The van der Waals surface area contributed by atoms with E-state index in [1.165, 1.54) is 19.1 Å². The number of amides is 1. The Bertz CT molecular complexity index is 707. The summed E-state index contributed by atoms with van der Waals surface area (Å²) in [7, 11) is -3.56. The van der Waals surface area contributed by atoms with Crippen molar-refractivity contribution in [1.29, 1.82) is 0 Å². The number of morpholine rings is 1. The third-order valence-corrected chi connectivity index (χ3v) is 5.67. The van der Waals surface area contributed by atoms with Gasteiger partial charge in [0, 0.05) is 13.1 Å². The molecule has 1 saturated heterocycles. The Hall–Kier alpha value is -1.93. The smallest absolute Gasteiger partial charge is 0.307 e. The zero-order valence-electron chi connectivity index (χ0n) is 14.4. The molecule has 138 valence electrons. The number of nitrogens with zero attached hydrogens (tertiary/aromatic N) is 1. The fourth-order valence-corrected chi connectivity index (χ4v) is 3.65. The van der Waals surface area contributed by atoms with E-state index in [4.69, 9.17) is 9.47 Å². The molecule has 0 radical (unpaired) electrons. The molecule has 1 heterocycles. The van der Waals surface area contributed by atoms with E-state index < -0.39 is 21.9 Å². The summed E-state index contributed by atoms with van der Waals surface area (Å²) in [4.78, 5) is 25.8. The molecule has 1 amide bonds. The molecule has 1 aliphatic heterocycles. The number of carbonyl (C=O) groups is 2. The number of carbonyl (C=O) groups excluding carboxylic acids is 2. The summed E-state index contributed by atoms with van der Waals surface area (Å²) in [5.74, 6) is -1.35. The lowest BCUT2D eigenvalue weighted by Crippen LogP contribution is -2.46. The van der Waals surface area contributed by atoms with Crippen molar-refractivity contribution in [3.8, 4) is 0 Å². The maximum atomic E-state index is 12.2. The number of rotatable bonds is 6. The normalized spacial score (nSPS) is 16.3. The highest BCUT2D eigenvalue weighted by Crippen LogP contribution is 2.14. The molecule has 1 aliphatic rings. The second kappa shape index (κ2) is 8.44. The minimum absolute atomic E-state index is 0.170. The highest BCUT2D eigenvalue weighted by Gasteiger charge is 2.26. The van der Waals surface area contributed by atoms with Crippen molar-refractivity contribution in [3.05, 3.63) is 29.8 Å². The van der Waals surface area contributed by atoms with E-state index in [9.17, 15) is 18.0 Å². The van der Waals surface area contributed by atoms with Crippen molar-refractivity contribution in [3.63, 3.8) is 0 Å². The Morgan fingerprint density at radius 3 is 2.40 bits per heavy atom. The highest BCUT2D eigenvalue weighted by atomic mass is 32.2. The van der Waals surface area contributed by atoms with Crippen LogP contribution in [0, 0.1) is 6.92 Å². The highest BCUT2D eigenvalue weighted by molar-refractivity contribution is 7.91. The molecule has 0 aliphatic carbocycles. The number of hydrogen-bond acceptors (Lipinski definition) is 6. The maximum Gasteiger partial charge on any atom is 0.307 e. The predicted octanol–water partition coefficient (Wildman–Crippen LogP) is 0.949. The Kier molecular flexibility index (Phi) is 6.55. The number of benzene rings is 1. The topological polar surface area (TPSA) is 90.0 Å². The quantitative estimate of drug-likeness (QED) is 0.694. The molecule has 1 fully saturated rings. The fourth-order valence-electron chi connectivity index (χ4n) is 2.43. The summed E-state index contributed by atoms with van der Waals surface area (Å²) in [5.41, 5.74) is 0.953. The average Bonchev–Trinajstić information content (AvgIpc) is 2.60. The molecule has 0 N–H and O–H groups in total. The Morgan fingerprint density at radius 1 is 1.20 bits per heavy atom. The van der Waals surface area contributed by atoms with Gasteiger partial charge < -0.3 is 14.4 Å². The lowest BCUT2D eigenvalue weighted by Gasteiger charge is -2.28. The summed E-state index contributed by atoms with van der Waals surface area (Å²) in [6, 6.07) is 6.43. The molecule has 7 nitrogen and oxygen atoms in total. The monoisotopic (exact) mass is 369 g/mol. The Morgan fingerprint density at radius 2 is 1.80 bits per heavy atom. The minimum atomic E-state index is -3.56. The number of sulfone groups is 1. The first-order chi connectivity index (χ1) is 11.8. The number of ether oxygens (including phenoxy) is 2. The van der Waals surface area contributed by atoms with E-state index in [2.05, 4.69) is 0 Å². The van der Waals surface area contributed by atoms with E-state index in [0.29, 0.717) is 26.3 Å². The first-order valence-electron chi connectivity index (χ1n) is 8.15. The van der Waals surface area contributed by atoms with Gasteiger partial charge in [0.2, 0.25) is 0 Å². The standard InChI is InChI=1S/C17H23NO6S/c1-13-3-5-15(6-4-13)25(21,22)12-7-16(19)24-14(2)17(20)18-8-10-23-11-9-18/h3-6,14H,7-12H2,1-2H3. The predicted molar refractivity (Wildman–Crippen MR) is 90.8 cm³/mol. The molecule has 1 aromatic rings. The van der Waals surface area contributed by atoms with Crippen LogP contribution in [0.5, 0.6) is 0 Å². The van der Waals surface area contributed by atoms with E-state index in [0.717, 1.165) is 5.56 Å². The third kappa shape index (κ3) is 5.54. The zero-order valence-corrected chi connectivity index (χ0v) is 15.3. The van der Waals surface area contributed by atoms with E-state index in [1.54, 1.807) is 17.0 Å². The SMILES string of the molecule is Cc1ccc(S(=O)(=O)CCC(=O)OC(C)C(=O)N2CCOCC2)cc1. The molecular formula is C17H23NO6S.